The number of hydrogen-bond acceptors (Lipinski definition) is 9. The Bertz CT molecular complexity index is 2240. The normalized spacial score (nSPS) is 26.8. The highest BCUT2D eigenvalue weighted by Crippen LogP contribution is 2.42. The number of fused-ring (bicyclic) bond motifs is 5. The number of aromatic nitrogens is 3. The largest absolute Gasteiger partial charge is 0.461 e. The zero-order valence-corrected chi connectivity index (χ0v) is 30.9. The van der Waals surface area contributed by atoms with E-state index in [1.54, 1.807) is 35.2 Å². The number of halogens is 4. The summed E-state index contributed by atoms with van der Waals surface area (Å²) in [5.74, 6) is -1.23. The van der Waals surface area contributed by atoms with Crippen LogP contribution in [0, 0.1) is 18.2 Å². The lowest BCUT2D eigenvalue weighted by Crippen LogP contribution is -2.56. The monoisotopic (exact) mass is 772 g/mol. The summed E-state index contributed by atoms with van der Waals surface area (Å²) in [4.78, 5) is 39.2. The van der Waals surface area contributed by atoms with Gasteiger partial charge in [0.2, 0.25) is 12.5 Å². The summed E-state index contributed by atoms with van der Waals surface area (Å²) in [6.45, 7) is 12.2. The first kappa shape index (κ1) is 36.1. The number of likely N-dealkylation sites (tertiary alicyclic amines) is 1. The number of carbonyl (C=O) groups is 1. The number of anilines is 1. The van der Waals surface area contributed by atoms with Gasteiger partial charge in [0.25, 0.3) is 0 Å². The molecule has 4 aromatic rings. The van der Waals surface area contributed by atoms with Crippen LogP contribution in [-0.2, 0) is 9.53 Å². The van der Waals surface area contributed by atoms with Crippen molar-refractivity contribution in [3.63, 3.8) is 0 Å². The first-order valence-electron chi connectivity index (χ1n) is 18.9. The van der Waals surface area contributed by atoms with Crippen LogP contribution in [0.15, 0.2) is 48.7 Å². The quantitative estimate of drug-likeness (QED) is 0.157. The summed E-state index contributed by atoms with van der Waals surface area (Å²) in [5.41, 5.74) is -0.326. The number of hydrogen-bond donors (Lipinski definition) is 0. The number of nitrogens with zero attached hydrogens (tertiary/aromatic N) is 8. The van der Waals surface area contributed by atoms with Gasteiger partial charge in [-0.05, 0) is 37.3 Å². The number of alkyl halides is 1. The van der Waals surface area contributed by atoms with Gasteiger partial charge in [-0.15, -0.1) is 0 Å². The summed E-state index contributed by atoms with van der Waals surface area (Å²) < 4.78 is 58.2. The Morgan fingerprint density at radius 3 is 2.85 bits per heavy atom. The second-order valence-electron chi connectivity index (χ2n) is 15.3. The van der Waals surface area contributed by atoms with Crippen molar-refractivity contribution in [3.05, 3.63) is 76.8 Å². The fourth-order valence-electron chi connectivity index (χ4n) is 9.36. The van der Waals surface area contributed by atoms with Crippen molar-refractivity contribution < 1.29 is 27.4 Å². The Morgan fingerprint density at radius 1 is 1.15 bits per heavy atom. The molecule has 7 heterocycles. The molecule has 0 saturated carbocycles. The van der Waals surface area contributed by atoms with Crippen LogP contribution < -0.4 is 9.64 Å². The number of morpholine rings is 1. The van der Waals surface area contributed by atoms with E-state index in [0.717, 1.165) is 39.0 Å². The van der Waals surface area contributed by atoms with Crippen LogP contribution in [0.25, 0.3) is 37.8 Å². The van der Waals surface area contributed by atoms with Crippen molar-refractivity contribution in [1.29, 1.82) is 0 Å². The van der Waals surface area contributed by atoms with Crippen molar-refractivity contribution in [2.24, 2.45) is 0 Å². The molecule has 9 rings (SSSR count). The average molecular weight is 773 g/mol. The number of ether oxygens (including phenoxy) is 2. The lowest BCUT2D eigenvalue weighted by molar-refractivity contribution is -0.128. The summed E-state index contributed by atoms with van der Waals surface area (Å²) in [6.07, 6.45) is 7.33. The van der Waals surface area contributed by atoms with Gasteiger partial charge in [-0.1, -0.05) is 41.9 Å². The number of pyridine rings is 1. The highest BCUT2D eigenvalue weighted by Gasteiger charge is 2.49. The Morgan fingerprint density at radius 2 is 2.04 bits per heavy atom. The smallest absolute Gasteiger partial charge is 0.319 e. The van der Waals surface area contributed by atoms with E-state index in [-0.39, 0.29) is 54.0 Å². The number of rotatable bonds is 9. The molecule has 1 amide bonds. The maximum atomic E-state index is 17.0. The molecule has 0 unspecified atom stereocenters. The van der Waals surface area contributed by atoms with Gasteiger partial charge in [-0.3, -0.25) is 19.6 Å². The van der Waals surface area contributed by atoms with Gasteiger partial charge >= 0.3 is 6.01 Å². The minimum absolute atomic E-state index is 0.0609. The zero-order chi connectivity index (χ0) is 37.8. The molecule has 0 radical (unpaired) electrons. The van der Waals surface area contributed by atoms with Crippen molar-refractivity contribution >= 4 is 45.0 Å². The Kier molecular flexibility index (Phi) is 9.52. The van der Waals surface area contributed by atoms with Gasteiger partial charge in [0.05, 0.1) is 28.7 Å². The Hall–Kier alpha value is -4.55. The summed E-state index contributed by atoms with van der Waals surface area (Å²) in [5, 5.41) is 1.10. The first-order chi connectivity index (χ1) is 26.7. The first-order valence-corrected chi connectivity index (χ1v) is 19.3. The van der Waals surface area contributed by atoms with Gasteiger partial charge in [0.1, 0.15) is 41.7 Å². The lowest BCUT2D eigenvalue weighted by Gasteiger charge is -2.39. The molecule has 0 spiro atoms. The molecule has 0 N–H and O–H groups in total. The number of piperazine rings is 1. The second-order valence-corrected chi connectivity index (χ2v) is 15.7. The van der Waals surface area contributed by atoms with Crippen LogP contribution in [0.5, 0.6) is 6.01 Å². The SMILES string of the molecule is [C-]#[N+]C[C@H]1CN(c2nc(OC[C@@]34CCCN3C[C@H](F)C4)nc3c(F)c(-c4cccc5ccc(F)c(Cl)c45)ncc23)CCN1C(=O)/C=C/CN1C[C@H]2C[C@@H]1CO2. The van der Waals surface area contributed by atoms with Crippen LogP contribution >= 0.6 is 11.6 Å². The maximum Gasteiger partial charge on any atom is 0.319 e. The van der Waals surface area contributed by atoms with Gasteiger partial charge < -0.3 is 24.1 Å². The molecule has 5 aliphatic rings. The Balaban J connectivity index is 1.05. The number of benzene rings is 2. The van der Waals surface area contributed by atoms with Gasteiger partial charge in [0.15, 0.2) is 5.82 Å². The molecule has 15 heteroatoms. The molecule has 5 atom stereocenters. The van der Waals surface area contributed by atoms with Crippen LogP contribution in [0.2, 0.25) is 5.02 Å². The van der Waals surface area contributed by atoms with E-state index in [2.05, 4.69) is 24.6 Å². The molecular formula is C40H40ClF3N8O3. The highest BCUT2D eigenvalue weighted by atomic mass is 35.5. The van der Waals surface area contributed by atoms with E-state index in [1.807, 2.05) is 11.0 Å². The number of amides is 1. The topological polar surface area (TPSA) is 91.5 Å². The molecule has 5 fully saturated rings. The van der Waals surface area contributed by atoms with E-state index in [9.17, 15) is 13.6 Å². The number of carbonyl (C=O) groups excluding carboxylic acids is 1. The summed E-state index contributed by atoms with van der Waals surface area (Å²) in [7, 11) is 0. The van der Waals surface area contributed by atoms with Gasteiger partial charge in [0, 0.05) is 75.0 Å². The summed E-state index contributed by atoms with van der Waals surface area (Å²) >= 11 is 6.44. The van der Waals surface area contributed by atoms with Gasteiger partial charge in [-0.2, -0.15) is 9.97 Å². The van der Waals surface area contributed by atoms with Crippen LogP contribution in [0.1, 0.15) is 25.7 Å². The maximum absolute atomic E-state index is 17.0. The predicted molar refractivity (Wildman–Crippen MR) is 202 cm³/mol. The minimum atomic E-state index is -0.960. The predicted octanol–water partition coefficient (Wildman–Crippen LogP) is 5.70. The fraction of sp³-hybridized carbons (Fsp3) is 0.475. The van der Waals surface area contributed by atoms with E-state index in [0.29, 0.717) is 66.2 Å². The van der Waals surface area contributed by atoms with E-state index < -0.39 is 29.4 Å². The third kappa shape index (κ3) is 6.54. The molecule has 2 bridgehead atoms. The zero-order valence-electron chi connectivity index (χ0n) is 30.1. The molecule has 11 nitrogen and oxygen atoms in total. The standard InChI is InChI=1S/C40H40ClF3N8O3/c1-45-17-27-20-50(13-14-52(27)32(53)7-3-11-49-21-28-15-26(49)22-54-28)38-30-18-46-36(29-6-2-5-24-8-9-31(43)34(41)33(24)29)35(44)37(30)47-39(48-38)55-23-40-10-4-12-51(40)19-25(42)16-40/h2-3,5-9,18,25-28H,4,10-17,19-23H2/b7-3+/t25-,26-,27+,28-,40+/m1/s1. The summed E-state index contributed by atoms with van der Waals surface area (Å²) in [6, 6.07) is 7.81. The van der Waals surface area contributed by atoms with Crippen molar-refractivity contribution in [3.8, 4) is 17.3 Å². The average Bonchev–Trinajstić information content (AvgIpc) is 3.97. The molecule has 286 valence electrons. The van der Waals surface area contributed by atoms with Crippen LogP contribution in [0.3, 0.4) is 0 Å². The molecule has 5 aliphatic heterocycles. The van der Waals surface area contributed by atoms with Crippen molar-refractivity contribution in [2.75, 3.05) is 70.5 Å². The molecule has 5 saturated heterocycles. The van der Waals surface area contributed by atoms with Crippen LogP contribution in [0.4, 0.5) is 19.0 Å². The fourth-order valence-corrected chi connectivity index (χ4v) is 9.63. The molecule has 0 aliphatic carbocycles. The highest BCUT2D eigenvalue weighted by molar-refractivity contribution is 6.36. The Labute approximate surface area is 321 Å². The van der Waals surface area contributed by atoms with Gasteiger partial charge in [-0.25, -0.2) is 19.7 Å². The minimum Gasteiger partial charge on any atom is -0.461 e. The third-order valence-corrected chi connectivity index (χ3v) is 12.4. The third-order valence-electron chi connectivity index (χ3n) is 12.0. The van der Waals surface area contributed by atoms with E-state index >= 15 is 4.39 Å². The molecular weight excluding hydrogens is 733 g/mol. The van der Waals surface area contributed by atoms with Crippen molar-refractivity contribution in [1.82, 2.24) is 29.7 Å². The van der Waals surface area contributed by atoms with E-state index in [4.69, 9.17) is 32.6 Å². The molecule has 55 heavy (non-hydrogen) atoms. The second kappa shape index (κ2) is 14.5. The van der Waals surface area contributed by atoms with E-state index in [1.165, 1.54) is 12.3 Å². The van der Waals surface area contributed by atoms with Crippen molar-refractivity contribution in [2.45, 2.75) is 55.6 Å². The molecule has 2 aromatic carbocycles. The lowest BCUT2D eigenvalue weighted by atomic mass is 9.95. The molecule has 2 aromatic heterocycles. The van der Waals surface area contributed by atoms with Crippen LogP contribution in [-0.4, -0.2) is 131 Å².